The number of nitrogens with zero attached hydrogens (tertiary/aromatic N) is 1. The van der Waals surface area contributed by atoms with Crippen LogP contribution < -0.4 is 5.32 Å². The van der Waals surface area contributed by atoms with Crippen LogP contribution in [-0.4, -0.2) is 40.6 Å². The number of aromatic nitrogens is 1. The predicted molar refractivity (Wildman–Crippen MR) is 69.0 cm³/mol. The van der Waals surface area contributed by atoms with Crippen molar-refractivity contribution in [3.8, 4) is 0 Å². The number of esters is 1. The molecular formula is C13H16N2O5. The molecule has 0 unspecified atom stereocenters. The molecule has 0 radical (unpaired) electrons. The van der Waals surface area contributed by atoms with Gasteiger partial charge in [-0.05, 0) is 25.5 Å². The molecule has 0 aromatic carbocycles. The van der Waals surface area contributed by atoms with Gasteiger partial charge in [0.05, 0.1) is 12.2 Å². The zero-order valence-electron chi connectivity index (χ0n) is 11.0. The Hall–Kier alpha value is -2.44. The fraction of sp³-hybridized carbons (Fsp3) is 0.385. The topological polar surface area (TPSA) is 106 Å². The molecule has 1 atom stereocenters. The van der Waals surface area contributed by atoms with Crippen molar-refractivity contribution >= 4 is 17.8 Å². The second kappa shape index (κ2) is 7.88. The maximum absolute atomic E-state index is 11.9. The average Bonchev–Trinajstić information content (AvgIpc) is 2.44. The first-order valence-corrected chi connectivity index (χ1v) is 6.14. The molecule has 7 heteroatoms. The fourth-order valence-corrected chi connectivity index (χ4v) is 1.50. The summed E-state index contributed by atoms with van der Waals surface area (Å²) >= 11 is 0. The van der Waals surface area contributed by atoms with Crippen LogP contribution in [0.3, 0.4) is 0 Å². The van der Waals surface area contributed by atoms with Gasteiger partial charge in [-0.2, -0.15) is 0 Å². The SMILES string of the molecule is CCOC(=O)[C@H](CCC(=O)O)NC(=O)c1cccnc1. The molecule has 20 heavy (non-hydrogen) atoms. The van der Waals surface area contributed by atoms with Crippen molar-refractivity contribution < 1.29 is 24.2 Å². The lowest BCUT2D eigenvalue weighted by molar-refractivity contribution is -0.146. The van der Waals surface area contributed by atoms with E-state index in [1.165, 1.54) is 12.4 Å². The highest BCUT2D eigenvalue weighted by atomic mass is 16.5. The molecule has 1 heterocycles. The maximum Gasteiger partial charge on any atom is 0.328 e. The first-order chi connectivity index (χ1) is 9.54. The lowest BCUT2D eigenvalue weighted by Gasteiger charge is -2.16. The van der Waals surface area contributed by atoms with Gasteiger partial charge in [0.1, 0.15) is 6.04 Å². The smallest absolute Gasteiger partial charge is 0.328 e. The lowest BCUT2D eigenvalue weighted by atomic mass is 10.1. The summed E-state index contributed by atoms with van der Waals surface area (Å²) in [4.78, 5) is 37.9. The molecule has 0 fully saturated rings. The molecule has 1 rings (SSSR count). The minimum atomic E-state index is -1.05. The van der Waals surface area contributed by atoms with E-state index in [1.54, 1.807) is 19.1 Å². The van der Waals surface area contributed by atoms with Crippen LogP contribution in [0.15, 0.2) is 24.5 Å². The highest BCUT2D eigenvalue weighted by molar-refractivity contribution is 5.96. The Bertz CT molecular complexity index is 475. The Balaban J connectivity index is 2.70. The number of carboxylic acid groups (broad SMARTS) is 1. The Labute approximate surface area is 116 Å². The number of carboxylic acids is 1. The Morgan fingerprint density at radius 2 is 2.20 bits per heavy atom. The van der Waals surface area contributed by atoms with Crippen LogP contribution in [0.2, 0.25) is 0 Å². The van der Waals surface area contributed by atoms with Crippen molar-refractivity contribution in [3.05, 3.63) is 30.1 Å². The monoisotopic (exact) mass is 280 g/mol. The normalized spacial score (nSPS) is 11.4. The highest BCUT2D eigenvalue weighted by Gasteiger charge is 2.23. The van der Waals surface area contributed by atoms with Crippen molar-refractivity contribution in [3.63, 3.8) is 0 Å². The van der Waals surface area contributed by atoms with Gasteiger partial charge in [0.25, 0.3) is 5.91 Å². The number of pyridine rings is 1. The number of carbonyl (C=O) groups is 3. The molecule has 0 bridgehead atoms. The summed E-state index contributed by atoms with van der Waals surface area (Å²) in [6.07, 6.45) is 2.61. The second-order valence-electron chi connectivity index (χ2n) is 3.95. The van der Waals surface area contributed by atoms with Crippen molar-refractivity contribution in [1.29, 1.82) is 0 Å². The molecule has 1 aromatic heterocycles. The van der Waals surface area contributed by atoms with E-state index in [0.717, 1.165) is 0 Å². The number of nitrogens with one attached hydrogen (secondary N) is 1. The van der Waals surface area contributed by atoms with Gasteiger partial charge in [0.2, 0.25) is 0 Å². The zero-order chi connectivity index (χ0) is 15.0. The molecule has 2 N–H and O–H groups in total. The van der Waals surface area contributed by atoms with Gasteiger partial charge in [-0.25, -0.2) is 4.79 Å². The van der Waals surface area contributed by atoms with Gasteiger partial charge in [-0.1, -0.05) is 0 Å². The van der Waals surface area contributed by atoms with Gasteiger partial charge in [-0.15, -0.1) is 0 Å². The number of hydrogen-bond donors (Lipinski definition) is 2. The van der Waals surface area contributed by atoms with E-state index < -0.39 is 23.9 Å². The second-order valence-corrected chi connectivity index (χ2v) is 3.95. The maximum atomic E-state index is 11.9. The molecular weight excluding hydrogens is 264 g/mol. The molecule has 0 spiro atoms. The first-order valence-electron chi connectivity index (χ1n) is 6.14. The van der Waals surface area contributed by atoms with E-state index in [0.29, 0.717) is 0 Å². The van der Waals surface area contributed by atoms with Crippen LogP contribution in [0.25, 0.3) is 0 Å². The number of amides is 1. The fourth-order valence-electron chi connectivity index (χ4n) is 1.50. The number of aliphatic carboxylic acids is 1. The quantitative estimate of drug-likeness (QED) is 0.709. The van der Waals surface area contributed by atoms with Gasteiger partial charge in [0, 0.05) is 18.8 Å². The van der Waals surface area contributed by atoms with Crippen LogP contribution in [0, 0.1) is 0 Å². The molecule has 0 aliphatic rings. The summed E-state index contributed by atoms with van der Waals surface area (Å²) in [5.74, 6) is -2.19. The molecule has 1 amide bonds. The number of hydrogen-bond acceptors (Lipinski definition) is 5. The minimum Gasteiger partial charge on any atom is -0.481 e. The van der Waals surface area contributed by atoms with Crippen molar-refractivity contribution in [2.45, 2.75) is 25.8 Å². The summed E-state index contributed by atoms with van der Waals surface area (Å²) in [5, 5.41) is 11.1. The van der Waals surface area contributed by atoms with E-state index >= 15 is 0 Å². The average molecular weight is 280 g/mol. The molecule has 0 aliphatic carbocycles. The first kappa shape index (κ1) is 15.6. The summed E-state index contributed by atoms with van der Waals surface area (Å²) in [6, 6.07) is 2.14. The number of rotatable bonds is 7. The molecule has 0 aliphatic heterocycles. The Morgan fingerprint density at radius 1 is 1.45 bits per heavy atom. The van der Waals surface area contributed by atoms with E-state index in [1.807, 2.05) is 0 Å². The van der Waals surface area contributed by atoms with Gasteiger partial charge in [0.15, 0.2) is 0 Å². The van der Waals surface area contributed by atoms with Gasteiger partial charge in [-0.3, -0.25) is 14.6 Å². The zero-order valence-corrected chi connectivity index (χ0v) is 11.0. The molecule has 108 valence electrons. The van der Waals surface area contributed by atoms with Crippen molar-refractivity contribution in [2.24, 2.45) is 0 Å². The van der Waals surface area contributed by atoms with Crippen LogP contribution >= 0.6 is 0 Å². The molecule has 0 saturated heterocycles. The van der Waals surface area contributed by atoms with Gasteiger partial charge >= 0.3 is 11.9 Å². The van der Waals surface area contributed by atoms with E-state index in [9.17, 15) is 14.4 Å². The summed E-state index contributed by atoms with van der Waals surface area (Å²) < 4.78 is 4.81. The highest BCUT2D eigenvalue weighted by Crippen LogP contribution is 2.03. The summed E-state index contributed by atoms with van der Waals surface area (Å²) in [6.45, 7) is 1.79. The number of ether oxygens (including phenoxy) is 1. The van der Waals surface area contributed by atoms with Crippen LogP contribution in [0.5, 0.6) is 0 Å². The predicted octanol–water partition coefficient (Wildman–Crippen LogP) is 0.608. The van der Waals surface area contributed by atoms with Crippen LogP contribution in [0.4, 0.5) is 0 Å². The summed E-state index contributed by atoms with van der Waals surface area (Å²) in [5.41, 5.74) is 0.289. The largest absolute Gasteiger partial charge is 0.481 e. The van der Waals surface area contributed by atoms with Crippen molar-refractivity contribution in [1.82, 2.24) is 10.3 Å². The summed E-state index contributed by atoms with van der Waals surface area (Å²) in [7, 11) is 0. The molecule has 1 aromatic rings. The van der Waals surface area contributed by atoms with Crippen LogP contribution in [-0.2, 0) is 14.3 Å². The third kappa shape index (κ3) is 5.05. The Kier molecular flexibility index (Phi) is 6.15. The standard InChI is InChI=1S/C13H16N2O5/c1-2-20-13(19)10(5-6-11(16)17)15-12(18)9-4-3-7-14-8-9/h3-4,7-8,10H,2,5-6H2,1H3,(H,15,18)(H,16,17)/t10-/m0/s1. The van der Waals surface area contributed by atoms with Gasteiger partial charge < -0.3 is 15.2 Å². The lowest BCUT2D eigenvalue weighted by Crippen LogP contribution is -2.42. The van der Waals surface area contributed by atoms with E-state index in [4.69, 9.17) is 9.84 Å². The Morgan fingerprint density at radius 3 is 2.75 bits per heavy atom. The minimum absolute atomic E-state index is 0.0276. The van der Waals surface area contributed by atoms with E-state index in [-0.39, 0.29) is 25.0 Å². The van der Waals surface area contributed by atoms with Crippen LogP contribution in [0.1, 0.15) is 30.1 Å². The molecule has 0 saturated carbocycles. The van der Waals surface area contributed by atoms with Crippen molar-refractivity contribution in [2.75, 3.05) is 6.61 Å². The number of carbonyl (C=O) groups excluding carboxylic acids is 2. The van der Waals surface area contributed by atoms with E-state index in [2.05, 4.69) is 10.3 Å². The third-order valence-corrected chi connectivity index (χ3v) is 2.45. The third-order valence-electron chi connectivity index (χ3n) is 2.45. The molecule has 7 nitrogen and oxygen atoms in total.